The monoisotopic (exact) mass is 275 g/mol. The van der Waals surface area contributed by atoms with Gasteiger partial charge in [0, 0.05) is 18.2 Å². The molecule has 1 aliphatic heterocycles. The molecule has 0 amide bonds. The van der Waals surface area contributed by atoms with E-state index in [1.165, 1.54) is 23.5 Å². The topological polar surface area (TPSA) is 51.0 Å². The molecule has 4 nitrogen and oxygen atoms in total. The Morgan fingerprint density at radius 1 is 1.32 bits per heavy atom. The summed E-state index contributed by atoms with van der Waals surface area (Å²) in [5, 5.41) is 7.48. The molecule has 0 spiro atoms. The number of hydrogen-bond acceptors (Lipinski definition) is 5. The van der Waals surface area contributed by atoms with Crippen LogP contribution in [0, 0.1) is 0 Å². The van der Waals surface area contributed by atoms with Crippen LogP contribution in [0.3, 0.4) is 0 Å². The van der Waals surface area contributed by atoms with Crippen molar-refractivity contribution < 1.29 is 4.52 Å². The molecule has 5 heteroatoms. The highest BCUT2D eigenvalue weighted by Crippen LogP contribution is 2.17. The molecule has 3 rings (SSSR count). The van der Waals surface area contributed by atoms with Gasteiger partial charge in [-0.25, -0.2) is 0 Å². The molecule has 19 heavy (non-hydrogen) atoms. The first-order valence-electron chi connectivity index (χ1n) is 6.56. The standard InChI is InChI=1S/C14H17N3OS/c1-2-4-11(5-3-1)8-13-16-14(18-17-13)9-15-12-6-7-19-10-12/h1-5,12,15H,6-10H2. The second-order valence-electron chi connectivity index (χ2n) is 4.71. The molecule has 100 valence electrons. The largest absolute Gasteiger partial charge is 0.338 e. The van der Waals surface area contributed by atoms with E-state index in [0.29, 0.717) is 18.5 Å². The van der Waals surface area contributed by atoms with E-state index in [2.05, 4.69) is 27.6 Å². The van der Waals surface area contributed by atoms with Crippen LogP contribution in [0.15, 0.2) is 34.9 Å². The molecule has 0 saturated carbocycles. The van der Waals surface area contributed by atoms with Crippen LogP contribution >= 0.6 is 11.8 Å². The summed E-state index contributed by atoms with van der Waals surface area (Å²) in [6.45, 7) is 0.674. The molecule has 1 saturated heterocycles. The van der Waals surface area contributed by atoms with E-state index >= 15 is 0 Å². The normalized spacial score (nSPS) is 18.8. The number of nitrogens with one attached hydrogen (secondary N) is 1. The first kappa shape index (κ1) is 12.7. The summed E-state index contributed by atoms with van der Waals surface area (Å²) in [6, 6.07) is 10.8. The van der Waals surface area contributed by atoms with Gasteiger partial charge in [0.15, 0.2) is 5.82 Å². The molecule has 2 heterocycles. The average molecular weight is 275 g/mol. The van der Waals surface area contributed by atoms with Crippen molar-refractivity contribution in [2.45, 2.75) is 25.4 Å². The molecular weight excluding hydrogens is 258 g/mol. The molecule has 0 aliphatic carbocycles. The summed E-state index contributed by atoms with van der Waals surface area (Å²) >= 11 is 2.00. The van der Waals surface area contributed by atoms with Gasteiger partial charge in [-0.3, -0.25) is 0 Å². The molecule has 0 bridgehead atoms. The molecule has 0 radical (unpaired) electrons. The third kappa shape index (κ3) is 3.58. The summed E-state index contributed by atoms with van der Waals surface area (Å²) in [5.74, 6) is 3.87. The van der Waals surface area contributed by atoms with Crippen molar-refractivity contribution in [2.24, 2.45) is 0 Å². The Balaban J connectivity index is 1.54. The van der Waals surface area contributed by atoms with E-state index < -0.39 is 0 Å². The molecule has 1 aliphatic rings. The number of thioether (sulfide) groups is 1. The number of rotatable bonds is 5. The molecule has 1 N–H and O–H groups in total. The lowest BCUT2D eigenvalue weighted by Crippen LogP contribution is -2.28. The van der Waals surface area contributed by atoms with Crippen LogP contribution in [0.5, 0.6) is 0 Å². The predicted molar refractivity (Wildman–Crippen MR) is 76.1 cm³/mol. The minimum atomic E-state index is 0.592. The minimum absolute atomic E-state index is 0.592. The maximum absolute atomic E-state index is 5.27. The van der Waals surface area contributed by atoms with Crippen molar-refractivity contribution >= 4 is 11.8 Å². The zero-order chi connectivity index (χ0) is 12.9. The zero-order valence-electron chi connectivity index (χ0n) is 10.7. The Labute approximate surface area is 117 Å². The summed E-state index contributed by atoms with van der Waals surface area (Å²) < 4.78 is 5.27. The fraction of sp³-hybridized carbons (Fsp3) is 0.429. The molecule has 2 aromatic rings. The Bertz CT molecular complexity index is 508. The predicted octanol–water partition coefficient (Wildman–Crippen LogP) is 2.26. The zero-order valence-corrected chi connectivity index (χ0v) is 11.5. The number of nitrogens with zero attached hydrogens (tertiary/aromatic N) is 2. The van der Waals surface area contributed by atoms with Crippen LogP contribution in [-0.2, 0) is 13.0 Å². The molecular formula is C14H17N3OS. The van der Waals surface area contributed by atoms with Gasteiger partial charge in [0.25, 0.3) is 0 Å². The minimum Gasteiger partial charge on any atom is -0.338 e. The number of aromatic nitrogens is 2. The Hall–Kier alpha value is -1.33. The van der Waals surface area contributed by atoms with Crippen LogP contribution in [0.1, 0.15) is 23.7 Å². The molecule has 1 aromatic carbocycles. The van der Waals surface area contributed by atoms with Gasteiger partial charge >= 0.3 is 0 Å². The van der Waals surface area contributed by atoms with Gasteiger partial charge in [-0.05, 0) is 17.7 Å². The van der Waals surface area contributed by atoms with E-state index in [1.54, 1.807) is 0 Å². The SMILES string of the molecule is c1ccc(Cc2noc(CNC3CCSC3)n2)cc1. The van der Waals surface area contributed by atoms with Gasteiger partial charge < -0.3 is 9.84 Å². The summed E-state index contributed by atoms with van der Waals surface area (Å²) in [4.78, 5) is 4.42. The highest BCUT2D eigenvalue weighted by molar-refractivity contribution is 7.99. The van der Waals surface area contributed by atoms with Crippen LogP contribution in [0.25, 0.3) is 0 Å². The van der Waals surface area contributed by atoms with Crippen LogP contribution in [-0.4, -0.2) is 27.7 Å². The summed E-state index contributed by atoms with van der Waals surface area (Å²) in [7, 11) is 0. The van der Waals surface area contributed by atoms with Gasteiger partial charge in [-0.2, -0.15) is 16.7 Å². The van der Waals surface area contributed by atoms with Gasteiger partial charge in [-0.1, -0.05) is 35.5 Å². The first-order chi connectivity index (χ1) is 9.40. The van der Waals surface area contributed by atoms with E-state index in [1.807, 2.05) is 30.0 Å². The molecule has 1 aromatic heterocycles. The lowest BCUT2D eigenvalue weighted by atomic mass is 10.1. The molecule has 1 fully saturated rings. The smallest absolute Gasteiger partial charge is 0.240 e. The molecule has 1 atom stereocenters. The van der Waals surface area contributed by atoms with Crippen molar-refractivity contribution in [3.63, 3.8) is 0 Å². The highest BCUT2D eigenvalue weighted by Gasteiger charge is 2.16. The fourth-order valence-electron chi connectivity index (χ4n) is 2.14. The van der Waals surface area contributed by atoms with E-state index in [4.69, 9.17) is 4.52 Å². The second kappa shape index (κ2) is 6.21. The van der Waals surface area contributed by atoms with Crippen molar-refractivity contribution in [1.29, 1.82) is 0 Å². The maximum atomic E-state index is 5.27. The quantitative estimate of drug-likeness (QED) is 0.907. The van der Waals surface area contributed by atoms with E-state index in [0.717, 1.165) is 12.2 Å². The fourth-order valence-corrected chi connectivity index (χ4v) is 3.33. The Morgan fingerprint density at radius 2 is 2.21 bits per heavy atom. The first-order valence-corrected chi connectivity index (χ1v) is 7.72. The highest BCUT2D eigenvalue weighted by atomic mass is 32.2. The number of benzene rings is 1. The third-order valence-electron chi connectivity index (χ3n) is 3.19. The van der Waals surface area contributed by atoms with Crippen LogP contribution < -0.4 is 5.32 Å². The van der Waals surface area contributed by atoms with Crippen molar-refractivity contribution in [2.75, 3.05) is 11.5 Å². The van der Waals surface area contributed by atoms with Crippen molar-refractivity contribution in [1.82, 2.24) is 15.5 Å². The third-order valence-corrected chi connectivity index (χ3v) is 4.35. The van der Waals surface area contributed by atoms with Gasteiger partial charge in [0.2, 0.25) is 5.89 Å². The summed E-state index contributed by atoms with van der Waals surface area (Å²) in [5.41, 5.74) is 1.20. The van der Waals surface area contributed by atoms with Crippen LogP contribution in [0.2, 0.25) is 0 Å². The van der Waals surface area contributed by atoms with Gasteiger partial charge in [0.1, 0.15) is 0 Å². The lowest BCUT2D eigenvalue weighted by molar-refractivity contribution is 0.356. The Kier molecular flexibility index (Phi) is 4.15. The van der Waals surface area contributed by atoms with Gasteiger partial charge in [-0.15, -0.1) is 0 Å². The van der Waals surface area contributed by atoms with E-state index in [-0.39, 0.29) is 0 Å². The van der Waals surface area contributed by atoms with Crippen molar-refractivity contribution in [3.05, 3.63) is 47.6 Å². The lowest BCUT2D eigenvalue weighted by Gasteiger charge is -2.07. The summed E-state index contributed by atoms with van der Waals surface area (Å²) in [6.07, 6.45) is 1.96. The second-order valence-corrected chi connectivity index (χ2v) is 5.86. The Morgan fingerprint density at radius 3 is 3.00 bits per heavy atom. The maximum Gasteiger partial charge on any atom is 0.240 e. The number of hydrogen-bond donors (Lipinski definition) is 1. The van der Waals surface area contributed by atoms with Crippen LogP contribution in [0.4, 0.5) is 0 Å². The molecule has 1 unspecified atom stereocenters. The van der Waals surface area contributed by atoms with Gasteiger partial charge in [0.05, 0.1) is 6.54 Å². The van der Waals surface area contributed by atoms with E-state index in [9.17, 15) is 0 Å². The van der Waals surface area contributed by atoms with Crippen molar-refractivity contribution in [3.8, 4) is 0 Å². The average Bonchev–Trinajstić information content (AvgIpc) is 3.09.